The third-order valence-corrected chi connectivity index (χ3v) is 4.34. The number of piperazine rings is 1. The van der Waals surface area contributed by atoms with E-state index in [-0.39, 0.29) is 5.91 Å². The largest absolute Gasteiger partial charge is 0.497 e. The number of nitrogens with zero attached hydrogens (tertiary/aromatic N) is 3. The van der Waals surface area contributed by atoms with Crippen molar-refractivity contribution in [2.75, 3.05) is 40.3 Å². The number of ether oxygens (including phenoxy) is 1. The Morgan fingerprint density at radius 1 is 1.29 bits per heavy atom. The maximum atomic E-state index is 12.2. The summed E-state index contributed by atoms with van der Waals surface area (Å²) in [7, 11) is 3.78. The molecule has 7 heteroatoms. The molecule has 2 heterocycles. The first-order chi connectivity index (χ1) is 11.7. The van der Waals surface area contributed by atoms with E-state index in [4.69, 9.17) is 9.26 Å². The highest BCUT2D eigenvalue weighted by Crippen LogP contribution is 2.20. The van der Waals surface area contributed by atoms with E-state index < -0.39 is 0 Å². The number of carbonyl (C=O) groups is 1. The Bertz CT molecular complexity index is 675. The molecule has 1 aliphatic rings. The number of quaternary nitrogens is 1. The number of methoxy groups -OCH3 is 1. The van der Waals surface area contributed by atoms with Gasteiger partial charge >= 0.3 is 0 Å². The second kappa shape index (κ2) is 7.44. The van der Waals surface area contributed by atoms with Crippen molar-refractivity contribution in [3.05, 3.63) is 30.2 Å². The quantitative estimate of drug-likeness (QED) is 0.837. The Balaban J connectivity index is 1.55. The van der Waals surface area contributed by atoms with Crippen LogP contribution in [0.4, 0.5) is 0 Å². The van der Waals surface area contributed by atoms with Crippen molar-refractivity contribution < 1.29 is 19.0 Å². The number of nitrogens with one attached hydrogen (secondary N) is 1. The fourth-order valence-electron chi connectivity index (χ4n) is 2.72. The van der Waals surface area contributed by atoms with E-state index in [1.165, 1.54) is 4.90 Å². The van der Waals surface area contributed by atoms with Gasteiger partial charge in [-0.1, -0.05) is 5.16 Å². The molecular formula is C17H23N4O3+. The van der Waals surface area contributed by atoms with Crippen molar-refractivity contribution in [3.63, 3.8) is 0 Å². The topological polar surface area (TPSA) is 72.9 Å². The van der Waals surface area contributed by atoms with E-state index >= 15 is 0 Å². The predicted molar refractivity (Wildman–Crippen MR) is 87.8 cm³/mol. The maximum absolute atomic E-state index is 12.2. The fourth-order valence-corrected chi connectivity index (χ4v) is 2.72. The van der Waals surface area contributed by atoms with Gasteiger partial charge in [0.05, 0.1) is 40.3 Å². The number of aryl methyl sites for hydroxylation is 1. The minimum absolute atomic E-state index is 0.159. The summed E-state index contributed by atoms with van der Waals surface area (Å²) in [6.45, 7) is 3.67. The minimum Gasteiger partial charge on any atom is -0.497 e. The monoisotopic (exact) mass is 331 g/mol. The van der Waals surface area contributed by atoms with Crippen molar-refractivity contribution in [3.8, 4) is 17.1 Å². The summed E-state index contributed by atoms with van der Waals surface area (Å²) >= 11 is 0. The van der Waals surface area contributed by atoms with Gasteiger partial charge in [-0.25, -0.2) is 0 Å². The molecule has 1 saturated heterocycles. The summed E-state index contributed by atoms with van der Waals surface area (Å²) in [6, 6.07) is 7.46. The average molecular weight is 331 g/mol. The summed E-state index contributed by atoms with van der Waals surface area (Å²) in [5.74, 6) is 1.96. The number of benzene rings is 1. The van der Waals surface area contributed by atoms with Crippen LogP contribution in [0.25, 0.3) is 11.4 Å². The molecule has 1 amide bonds. The van der Waals surface area contributed by atoms with Crippen molar-refractivity contribution in [2.24, 2.45) is 0 Å². The molecule has 0 unspecified atom stereocenters. The SMILES string of the molecule is COc1ccc(-c2noc(CCC(=O)N3CC[NH+](C)CC3)n2)cc1. The molecule has 7 nitrogen and oxygen atoms in total. The second-order valence-electron chi connectivity index (χ2n) is 6.08. The van der Waals surface area contributed by atoms with Gasteiger partial charge in [0.1, 0.15) is 5.75 Å². The average Bonchev–Trinajstić information content (AvgIpc) is 3.09. The molecule has 1 aromatic carbocycles. The molecule has 1 aromatic heterocycles. The standard InChI is InChI=1S/C17H22N4O3/c1-20-9-11-21(12-10-20)16(22)8-7-15-18-17(19-24-15)13-3-5-14(23-2)6-4-13/h3-6H,7-12H2,1-2H3/p+1. The van der Waals surface area contributed by atoms with Crippen LogP contribution in [0.5, 0.6) is 5.75 Å². The smallest absolute Gasteiger partial charge is 0.227 e. The number of rotatable bonds is 5. The van der Waals surface area contributed by atoms with Gasteiger partial charge in [0.15, 0.2) is 0 Å². The molecule has 3 rings (SSSR count). The number of carbonyl (C=O) groups excluding carboxylic acids is 1. The Hall–Kier alpha value is -2.41. The summed E-state index contributed by atoms with van der Waals surface area (Å²) < 4.78 is 10.4. The molecule has 128 valence electrons. The van der Waals surface area contributed by atoms with Crippen LogP contribution in [0, 0.1) is 0 Å². The van der Waals surface area contributed by atoms with Gasteiger partial charge < -0.3 is 19.1 Å². The number of hydrogen-bond acceptors (Lipinski definition) is 5. The Morgan fingerprint density at radius 3 is 2.67 bits per heavy atom. The van der Waals surface area contributed by atoms with E-state index in [0.717, 1.165) is 37.5 Å². The summed E-state index contributed by atoms with van der Waals surface area (Å²) in [5.41, 5.74) is 0.860. The first-order valence-electron chi connectivity index (χ1n) is 8.22. The number of likely N-dealkylation sites (N-methyl/N-ethyl adjacent to an activating group) is 1. The van der Waals surface area contributed by atoms with Gasteiger partial charge in [-0.05, 0) is 24.3 Å². The lowest BCUT2D eigenvalue weighted by Crippen LogP contribution is -3.12. The van der Waals surface area contributed by atoms with Gasteiger partial charge in [-0.15, -0.1) is 0 Å². The molecule has 0 spiro atoms. The van der Waals surface area contributed by atoms with E-state index in [2.05, 4.69) is 17.2 Å². The van der Waals surface area contributed by atoms with E-state index in [1.54, 1.807) is 7.11 Å². The zero-order valence-corrected chi connectivity index (χ0v) is 14.1. The lowest BCUT2D eigenvalue weighted by molar-refractivity contribution is -0.883. The van der Waals surface area contributed by atoms with Crippen LogP contribution >= 0.6 is 0 Å². The highest BCUT2D eigenvalue weighted by Gasteiger charge is 2.21. The number of amides is 1. The van der Waals surface area contributed by atoms with Crippen LogP contribution in [-0.4, -0.2) is 61.3 Å². The molecule has 1 aliphatic heterocycles. The summed E-state index contributed by atoms with van der Waals surface area (Å²) in [6.07, 6.45) is 0.879. The molecule has 0 bridgehead atoms. The van der Waals surface area contributed by atoms with E-state index in [0.29, 0.717) is 24.6 Å². The molecule has 2 aromatic rings. The number of aromatic nitrogens is 2. The third kappa shape index (κ3) is 3.91. The van der Waals surface area contributed by atoms with Crippen LogP contribution in [0.1, 0.15) is 12.3 Å². The van der Waals surface area contributed by atoms with Gasteiger partial charge in [0.25, 0.3) is 0 Å². The lowest BCUT2D eigenvalue weighted by atomic mass is 10.2. The molecule has 1 fully saturated rings. The van der Waals surface area contributed by atoms with Crippen molar-refractivity contribution in [1.82, 2.24) is 15.0 Å². The highest BCUT2D eigenvalue weighted by atomic mass is 16.5. The van der Waals surface area contributed by atoms with Crippen molar-refractivity contribution in [1.29, 1.82) is 0 Å². The van der Waals surface area contributed by atoms with Crippen LogP contribution in [0.3, 0.4) is 0 Å². The fraction of sp³-hybridized carbons (Fsp3) is 0.471. The van der Waals surface area contributed by atoms with Gasteiger partial charge in [0, 0.05) is 18.4 Å². The summed E-state index contributed by atoms with van der Waals surface area (Å²) in [4.78, 5) is 20.0. The van der Waals surface area contributed by atoms with Crippen molar-refractivity contribution >= 4 is 5.91 Å². The zero-order chi connectivity index (χ0) is 16.9. The molecule has 0 radical (unpaired) electrons. The van der Waals surface area contributed by atoms with Crippen molar-refractivity contribution in [2.45, 2.75) is 12.8 Å². The minimum atomic E-state index is 0.159. The zero-order valence-electron chi connectivity index (χ0n) is 14.1. The first-order valence-corrected chi connectivity index (χ1v) is 8.22. The normalized spacial score (nSPS) is 15.5. The molecular weight excluding hydrogens is 308 g/mol. The second-order valence-corrected chi connectivity index (χ2v) is 6.08. The van der Waals surface area contributed by atoms with Crippen LogP contribution in [0.2, 0.25) is 0 Å². The molecule has 0 saturated carbocycles. The Kier molecular flexibility index (Phi) is 5.10. The Morgan fingerprint density at radius 2 is 2.00 bits per heavy atom. The molecule has 24 heavy (non-hydrogen) atoms. The van der Waals surface area contributed by atoms with Crippen LogP contribution in [-0.2, 0) is 11.2 Å². The van der Waals surface area contributed by atoms with Gasteiger partial charge in [0.2, 0.25) is 17.6 Å². The van der Waals surface area contributed by atoms with Crippen LogP contribution < -0.4 is 9.64 Å². The van der Waals surface area contributed by atoms with Crippen LogP contribution in [0.15, 0.2) is 28.8 Å². The predicted octanol–water partition coefficient (Wildman–Crippen LogP) is 0.0347. The number of hydrogen-bond donors (Lipinski definition) is 1. The molecule has 1 N–H and O–H groups in total. The van der Waals surface area contributed by atoms with E-state index in [1.807, 2.05) is 29.2 Å². The molecule has 0 atom stereocenters. The first kappa shape index (κ1) is 16.4. The summed E-state index contributed by atoms with van der Waals surface area (Å²) in [5, 5.41) is 3.99. The van der Waals surface area contributed by atoms with Gasteiger partial charge in [-0.3, -0.25) is 4.79 Å². The lowest BCUT2D eigenvalue weighted by Gasteiger charge is -2.30. The van der Waals surface area contributed by atoms with E-state index in [9.17, 15) is 4.79 Å². The third-order valence-electron chi connectivity index (χ3n) is 4.34. The Labute approximate surface area is 141 Å². The van der Waals surface area contributed by atoms with Gasteiger partial charge in [-0.2, -0.15) is 4.98 Å². The maximum Gasteiger partial charge on any atom is 0.227 e. The molecule has 0 aliphatic carbocycles. The highest BCUT2D eigenvalue weighted by molar-refractivity contribution is 5.76.